The molecule has 1 aromatic heterocycles. The third-order valence-corrected chi connectivity index (χ3v) is 3.99. The van der Waals surface area contributed by atoms with Crippen LogP contribution in [0.4, 0.5) is 0 Å². The van der Waals surface area contributed by atoms with Crippen LogP contribution >= 0.6 is 28.1 Å². The van der Waals surface area contributed by atoms with Crippen LogP contribution in [0.15, 0.2) is 22.7 Å². The Balaban J connectivity index is 2.69. The maximum atomic E-state index is 5.25. The maximum Gasteiger partial charge on any atom is 0.195 e. The normalized spacial score (nSPS) is 11.1. The van der Waals surface area contributed by atoms with E-state index < -0.39 is 0 Å². The summed E-state index contributed by atoms with van der Waals surface area (Å²) in [6.07, 6.45) is 0. The van der Waals surface area contributed by atoms with E-state index in [0.29, 0.717) is 4.77 Å². The second kappa shape index (κ2) is 4.74. The molecule has 5 heteroatoms. The first-order valence-electron chi connectivity index (χ1n) is 5.44. The molecule has 0 unspecified atom stereocenters. The van der Waals surface area contributed by atoms with Crippen LogP contribution in [0.3, 0.4) is 0 Å². The minimum atomic E-state index is 0.281. The first-order chi connectivity index (χ1) is 8.02. The molecule has 1 aromatic carbocycles. The molecule has 0 aliphatic heterocycles. The molecule has 0 saturated carbocycles. The Bertz CT molecular complexity index is 598. The van der Waals surface area contributed by atoms with Gasteiger partial charge in [0, 0.05) is 16.1 Å². The van der Waals surface area contributed by atoms with Crippen LogP contribution in [0, 0.1) is 11.7 Å². The van der Waals surface area contributed by atoms with Crippen LogP contribution in [0.5, 0.6) is 0 Å². The van der Waals surface area contributed by atoms with E-state index in [2.05, 4.69) is 53.0 Å². The van der Waals surface area contributed by atoms with Gasteiger partial charge in [0.05, 0.1) is 0 Å². The number of halogens is 1. The average Bonchev–Trinajstić information content (AvgIpc) is 2.64. The van der Waals surface area contributed by atoms with Crippen molar-refractivity contribution in [3.05, 3.63) is 33.0 Å². The minimum Gasteiger partial charge on any atom is -0.298 e. The summed E-state index contributed by atoms with van der Waals surface area (Å²) in [5, 5.41) is 7.18. The van der Waals surface area contributed by atoms with Crippen molar-refractivity contribution < 1.29 is 0 Å². The quantitative estimate of drug-likeness (QED) is 0.841. The van der Waals surface area contributed by atoms with E-state index in [1.165, 1.54) is 5.56 Å². The lowest BCUT2D eigenvalue weighted by Gasteiger charge is -2.12. The van der Waals surface area contributed by atoms with Crippen molar-refractivity contribution in [3.8, 4) is 11.4 Å². The number of aromatic amines is 1. The molecule has 0 spiro atoms. The zero-order valence-corrected chi connectivity index (χ0v) is 12.4. The molecule has 0 radical (unpaired) electrons. The van der Waals surface area contributed by atoms with Crippen LogP contribution in [0.25, 0.3) is 11.4 Å². The van der Waals surface area contributed by atoms with E-state index in [4.69, 9.17) is 12.2 Å². The lowest BCUT2D eigenvalue weighted by Crippen LogP contribution is -2.03. The highest BCUT2D eigenvalue weighted by molar-refractivity contribution is 9.10. The van der Waals surface area contributed by atoms with Crippen molar-refractivity contribution in [1.82, 2.24) is 14.8 Å². The van der Waals surface area contributed by atoms with E-state index >= 15 is 0 Å². The van der Waals surface area contributed by atoms with Crippen molar-refractivity contribution in [2.24, 2.45) is 0 Å². The van der Waals surface area contributed by atoms with Crippen molar-refractivity contribution >= 4 is 28.1 Å². The summed E-state index contributed by atoms with van der Waals surface area (Å²) in [5.41, 5.74) is 2.25. The van der Waals surface area contributed by atoms with E-state index in [-0.39, 0.29) is 6.04 Å². The molecule has 0 bridgehead atoms. The Morgan fingerprint density at radius 1 is 1.41 bits per heavy atom. The fourth-order valence-electron chi connectivity index (χ4n) is 1.79. The highest BCUT2D eigenvalue weighted by Crippen LogP contribution is 2.30. The number of hydrogen-bond acceptors (Lipinski definition) is 2. The van der Waals surface area contributed by atoms with E-state index in [0.717, 1.165) is 15.9 Å². The molecule has 2 rings (SSSR count). The number of nitrogens with zero attached hydrogens (tertiary/aromatic N) is 2. The SMILES string of the molecule is Cc1cccc(-c2n[nH]c(=S)n2C(C)C)c1Br. The van der Waals surface area contributed by atoms with Crippen LogP contribution in [0.1, 0.15) is 25.5 Å². The summed E-state index contributed by atoms with van der Waals surface area (Å²) in [6.45, 7) is 6.26. The summed E-state index contributed by atoms with van der Waals surface area (Å²) in [5.74, 6) is 0.876. The largest absolute Gasteiger partial charge is 0.298 e. The van der Waals surface area contributed by atoms with Gasteiger partial charge in [-0.15, -0.1) is 0 Å². The van der Waals surface area contributed by atoms with Gasteiger partial charge in [-0.1, -0.05) is 18.2 Å². The van der Waals surface area contributed by atoms with Crippen molar-refractivity contribution in [1.29, 1.82) is 0 Å². The number of hydrogen-bond donors (Lipinski definition) is 1. The first-order valence-corrected chi connectivity index (χ1v) is 6.65. The van der Waals surface area contributed by atoms with Crippen molar-refractivity contribution in [2.45, 2.75) is 26.8 Å². The first kappa shape index (κ1) is 12.5. The second-order valence-corrected chi connectivity index (χ2v) is 5.43. The van der Waals surface area contributed by atoms with Gasteiger partial charge in [-0.2, -0.15) is 5.10 Å². The molecule has 2 aromatic rings. The molecular formula is C12H14BrN3S. The van der Waals surface area contributed by atoms with E-state index in [9.17, 15) is 0 Å². The van der Waals surface area contributed by atoms with Crippen LogP contribution in [0.2, 0.25) is 0 Å². The Morgan fingerprint density at radius 2 is 2.12 bits per heavy atom. The van der Waals surface area contributed by atoms with Crippen molar-refractivity contribution in [3.63, 3.8) is 0 Å². The molecule has 0 saturated heterocycles. The van der Waals surface area contributed by atoms with Crippen LogP contribution in [-0.4, -0.2) is 14.8 Å². The number of benzene rings is 1. The fourth-order valence-corrected chi connectivity index (χ4v) is 2.58. The molecule has 17 heavy (non-hydrogen) atoms. The predicted octanol–water partition coefficient (Wildman–Crippen LogP) is 4.26. The zero-order chi connectivity index (χ0) is 12.6. The Labute approximate surface area is 114 Å². The lowest BCUT2D eigenvalue weighted by molar-refractivity contribution is 0.597. The van der Waals surface area contributed by atoms with Gasteiger partial charge in [-0.05, 0) is 54.5 Å². The molecule has 1 heterocycles. The number of aromatic nitrogens is 3. The van der Waals surface area contributed by atoms with Gasteiger partial charge in [-0.25, -0.2) is 0 Å². The molecule has 0 amide bonds. The zero-order valence-electron chi connectivity index (χ0n) is 9.99. The summed E-state index contributed by atoms with van der Waals surface area (Å²) >= 11 is 8.86. The highest BCUT2D eigenvalue weighted by atomic mass is 79.9. The molecule has 1 N–H and O–H groups in total. The third kappa shape index (κ3) is 2.21. The van der Waals surface area contributed by atoms with Crippen LogP contribution in [-0.2, 0) is 0 Å². The van der Waals surface area contributed by atoms with Gasteiger partial charge in [0.25, 0.3) is 0 Å². The molecule has 0 aliphatic carbocycles. The second-order valence-electron chi connectivity index (χ2n) is 4.25. The number of nitrogens with one attached hydrogen (secondary N) is 1. The third-order valence-electron chi connectivity index (χ3n) is 2.65. The van der Waals surface area contributed by atoms with Crippen molar-refractivity contribution in [2.75, 3.05) is 0 Å². The lowest BCUT2D eigenvalue weighted by atomic mass is 10.1. The van der Waals surface area contributed by atoms with Gasteiger partial charge >= 0.3 is 0 Å². The molecule has 90 valence electrons. The molecular weight excluding hydrogens is 298 g/mol. The van der Waals surface area contributed by atoms with Gasteiger partial charge in [0.15, 0.2) is 10.6 Å². The Morgan fingerprint density at radius 3 is 2.76 bits per heavy atom. The molecule has 3 nitrogen and oxygen atoms in total. The van der Waals surface area contributed by atoms with Gasteiger partial charge in [0.1, 0.15) is 0 Å². The molecule has 0 atom stereocenters. The van der Waals surface area contributed by atoms with E-state index in [1.54, 1.807) is 0 Å². The minimum absolute atomic E-state index is 0.281. The predicted molar refractivity (Wildman–Crippen MR) is 75.7 cm³/mol. The summed E-state index contributed by atoms with van der Waals surface area (Å²) in [6, 6.07) is 6.41. The topological polar surface area (TPSA) is 33.6 Å². The smallest absolute Gasteiger partial charge is 0.195 e. The summed E-state index contributed by atoms with van der Waals surface area (Å²) in [4.78, 5) is 0. The number of H-pyrrole nitrogens is 1. The van der Waals surface area contributed by atoms with E-state index in [1.807, 2.05) is 16.7 Å². The Kier molecular flexibility index (Phi) is 3.49. The van der Waals surface area contributed by atoms with Gasteiger partial charge in [-0.3, -0.25) is 9.67 Å². The highest BCUT2D eigenvalue weighted by Gasteiger charge is 2.14. The summed E-state index contributed by atoms with van der Waals surface area (Å²) < 4.78 is 3.74. The number of rotatable bonds is 2. The maximum absolute atomic E-state index is 5.25. The van der Waals surface area contributed by atoms with Crippen LogP contribution < -0.4 is 0 Å². The summed E-state index contributed by atoms with van der Waals surface area (Å²) in [7, 11) is 0. The monoisotopic (exact) mass is 311 g/mol. The molecule has 0 aliphatic rings. The van der Waals surface area contributed by atoms with Gasteiger partial charge < -0.3 is 0 Å². The number of aryl methyl sites for hydroxylation is 1. The molecule has 0 fully saturated rings. The van der Waals surface area contributed by atoms with Gasteiger partial charge in [0.2, 0.25) is 0 Å². The average molecular weight is 312 g/mol. The fraction of sp³-hybridized carbons (Fsp3) is 0.333. The standard InChI is InChI=1S/C12H14BrN3S/c1-7(2)16-11(14-15-12(16)17)9-6-4-5-8(3)10(9)13/h4-7H,1-3H3,(H,15,17). The Hall–Kier alpha value is -0.940.